The second-order valence-electron chi connectivity index (χ2n) is 4.66. The number of rotatable bonds is 4. The molecule has 1 aliphatic rings. The van der Waals surface area contributed by atoms with Gasteiger partial charge in [-0.05, 0) is 19.1 Å². The summed E-state index contributed by atoms with van der Waals surface area (Å²) in [5, 5.41) is 8.88. The lowest BCUT2D eigenvalue weighted by Crippen LogP contribution is -3.27. The van der Waals surface area contributed by atoms with Crippen molar-refractivity contribution in [3.63, 3.8) is 0 Å². The summed E-state index contributed by atoms with van der Waals surface area (Å²) in [6, 6.07) is 4.11. The van der Waals surface area contributed by atoms with Crippen LogP contribution in [0.15, 0.2) is 16.5 Å². The molecule has 3 N–H and O–H groups in total. The average molecular weight is 226 g/mol. The molecular weight excluding hydrogens is 204 g/mol. The molecule has 1 aliphatic heterocycles. The topological polar surface area (TPSA) is 42.2 Å². The number of aryl methyl sites for hydroxylation is 1. The molecule has 1 aromatic rings. The molecule has 4 heteroatoms. The van der Waals surface area contributed by atoms with Crippen LogP contribution in [-0.2, 0) is 6.54 Å². The van der Waals surface area contributed by atoms with Gasteiger partial charge in [0.15, 0.2) is 5.76 Å². The van der Waals surface area contributed by atoms with Crippen molar-refractivity contribution in [3.05, 3.63) is 23.7 Å². The molecule has 2 heterocycles. The van der Waals surface area contributed by atoms with Crippen LogP contribution in [-0.4, -0.2) is 44.4 Å². The molecule has 16 heavy (non-hydrogen) atoms. The van der Waals surface area contributed by atoms with Crippen LogP contribution >= 0.6 is 0 Å². The van der Waals surface area contributed by atoms with Crippen LogP contribution in [0.25, 0.3) is 0 Å². The van der Waals surface area contributed by atoms with Crippen molar-refractivity contribution in [2.24, 2.45) is 0 Å². The summed E-state index contributed by atoms with van der Waals surface area (Å²) in [5.41, 5.74) is 0. The van der Waals surface area contributed by atoms with Crippen LogP contribution in [0.1, 0.15) is 11.5 Å². The van der Waals surface area contributed by atoms with Gasteiger partial charge in [0.25, 0.3) is 0 Å². The number of hydrogen-bond donors (Lipinski definition) is 3. The smallest absolute Gasteiger partial charge is 0.158 e. The summed E-state index contributed by atoms with van der Waals surface area (Å²) in [7, 11) is 0. The Balaban J connectivity index is 1.77. The second-order valence-corrected chi connectivity index (χ2v) is 4.66. The lowest BCUT2D eigenvalue weighted by atomic mass is 10.3. The van der Waals surface area contributed by atoms with Crippen LogP contribution in [0.2, 0.25) is 0 Å². The maximum atomic E-state index is 8.88. The number of quaternary nitrogens is 2. The van der Waals surface area contributed by atoms with Crippen LogP contribution in [0.5, 0.6) is 0 Å². The maximum absolute atomic E-state index is 8.88. The Hall–Kier alpha value is -0.840. The molecule has 1 saturated heterocycles. The summed E-state index contributed by atoms with van der Waals surface area (Å²) < 4.78 is 5.59. The summed E-state index contributed by atoms with van der Waals surface area (Å²) in [6.07, 6.45) is 0. The summed E-state index contributed by atoms with van der Waals surface area (Å²) in [6.45, 7) is 8.87. The normalized spacial score (nSPS) is 25.9. The Morgan fingerprint density at radius 1 is 1.19 bits per heavy atom. The molecule has 90 valence electrons. The first-order chi connectivity index (χ1) is 7.78. The van der Waals surface area contributed by atoms with Gasteiger partial charge in [-0.3, -0.25) is 0 Å². The van der Waals surface area contributed by atoms with E-state index >= 15 is 0 Å². The van der Waals surface area contributed by atoms with Gasteiger partial charge in [-0.15, -0.1) is 0 Å². The van der Waals surface area contributed by atoms with Crippen molar-refractivity contribution in [2.45, 2.75) is 13.5 Å². The average Bonchev–Trinajstić information content (AvgIpc) is 2.67. The number of nitrogens with one attached hydrogen (secondary N) is 2. The number of aliphatic hydroxyl groups is 1. The van der Waals surface area contributed by atoms with Gasteiger partial charge in [0.2, 0.25) is 0 Å². The molecule has 0 atom stereocenters. The fraction of sp³-hybridized carbons (Fsp3) is 0.667. The molecule has 0 unspecified atom stereocenters. The van der Waals surface area contributed by atoms with E-state index in [4.69, 9.17) is 9.52 Å². The lowest BCUT2D eigenvalue weighted by molar-refractivity contribution is -1.02. The molecule has 0 saturated carbocycles. The first-order valence-corrected chi connectivity index (χ1v) is 6.11. The van der Waals surface area contributed by atoms with Crippen LogP contribution in [0, 0.1) is 6.92 Å². The minimum absolute atomic E-state index is 0.308. The molecule has 2 rings (SSSR count). The predicted molar refractivity (Wildman–Crippen MR) is 60.5 cm³/mol. The van der Waals surface area contributed by atoms with Crippen molar-refractivity contribution >= 4 is 0 Å². The zero-order valence-electron chi connectivity index (χ0n) is 9.96. The lowest BCUT2D eigenvalue weighted by Gasteiger charge is -2.28. The van der Waals surface area contributed by atoms with E-state index in [1.165, 1.54) is 18.0 Å². The number of piperazine rings is 1. The van der Waals surface area contributed by atoms with Gasteiger partial charge in [0.05, 0.1) is 6.61 Å². The molecule has 0 aliphatic carbocycles. The van der Waals surface area contributed by atoms with E-state index in [-0.39, 0.29) is 0 Å². The first kappa shape index (κ1) is 11.6. The van der Waals surface area contributed by atoms with Crippen molar-refractivity contribution in [3.8, 4) is 0 Å². The van der Waals surface area contributed by atoms with E-state index in [0.717, 1.165) is 37.7 Å². The third kappa shape index (κ3) is 3.07. The van der Waals surface area contributed by atoms with E-state index in [2.05, 4.69) is 6.07 Å². The van der Waals surface area contributed by atoms with Crippen molar-refractivity contribution in [1.29, 1.82) is 0 Å². The van der Waals surface area contributed by atoms with Gasteiger partial charge in [-0.1, -0.05) is 0 Å². The Bertz CT molecular complexity index is 317. The molecule has 0 bridgehead atoms. The molecule has 0 spiro atoms. The van der Waals surface area contributed by atoms with Crippen LogP contribution < -0.4 is 9.80 Å². The summed E-state index contributed by atoms with van der Waals surface area (Å²) >= 11 is 0. The van der Waals surface area contributed by atoms with Gasteiger partial charge >= 0.3 is 0 Å². The van der Waals surface area contributed by atoms with Gasteiger partial charge in [0, 0.05) is 0 Å². The molecule has 1 fully saturated rings. The van der Waals surface area contributed by atoms with E-state index in [9.17, 15) is 0 Å². The Kier molecular flexibility index (Phi) is 3.98. The maximum Gasteiger partial charge on any atom is 0.158 e. The fourth-order valence-electron chi connectivity index (χ4n) is 2.37. The zero-order chi connectivity index (χ0) is 11.4. The van der Waals surface area contributed by atoms with Crippen molar-refractivity contribution < 1.29 is 19.3 Å². The minimum Gasteiger partial charge on any atom is -0.460 e. The summed E-state index contributed by atoms with van der Waals surface area (Å²) in [5.74, 6) is 2.09. The van der Waals surface area contributed by atoms with E-state index in [1.54, 1.807) is 4.90 Å². The Labute approximate surface area is 96.5 Å². The zero-order valence-corrected chi connectivity index (χ0v) is 9.96. The standard InChI is InChI=1S/C12H20N2O2/c1-11-2-3-12(16-11)10-14-6-4-13(5-7-14)8-9-15/h2-3,15H,4-10H2,1H3/p+2. The molecule has 0 aromatic carbocycles. The fourth-order valence-corrected chi connectivity index (χ4v) is 2.37. The van der Waals surface area contributed by atoms with Crippen molar-refractivity contribution in [1.82, 2.24) is 0 Å². The highest BCUT2D eigenvalue weighted by molar-refractivity contribution is 5.04. The third-order valence-electron chi connectivity index (χ3n) is 3.35. The van der Waals surface area contributed by atoms with Gasteiger partial charge in [-0.2, -0.15) is 0 Å². The van der Waals surface area contributed by atoms with E-state index < -0.39 is 0 Å². The molecule has 0 radical (unpaired) electrons. The minimum atomic E-state index is 0.308. The number of furan rings is 1. The second kappa shape index (κ2) is 5.48. The third-order valence-corrected chi connectivity index (χ3v) is 3.35. The molecule has 4 nitrogen and oxygen atoms in total. The van der Waals surface area contributed by atoms with E-state index in [1.807, 2.05) is 13.0 Å². The first-order valence-electron chi connectivity index (χ1n) is 6.11. The predicted octanol–water partition coefficient (Wildman–Crippen LogP) is -2.14. The Morgan fingerprint density at radius 2 is 1.88 bits per heavy atom. The van der Waals surface area contributed by atoms with E-state index in [0.29, 0.717) is 6.61 Å². The SMILES string of the molecule is Cc1ccc(C[NH+]2CC[NH+](CCO)CC2)o1. The van der Waals surface area contributed by atoms with Gasteiger partial charge < -0.3 is 19.3 Å². The quantitative estimate of drug-likeness (QED) is 0.549. The number of aliphatic hydroxyl groups excluding tert-OH is 1. The largest absolute Gasteiger partial charge is 0.460 e. The summed E-state index contributed by atoms with van der Waals surface area (Å²) in [4.78, 5) is 3.12. The van der Waals surface area contributed by atoms with Crippen molar-refractivity contribution in [2.75, 3.05) is 39.3 Å². The highest BCUT2D eigenvalue weighted by Crippen LogP contribution is 2.03. The molecule has 1 aromatic heterocycles. The highest BCUT2D eigenvalue weighted by atomic mass is 16.3. The molecular formula is C12H22N2O2+2. The number of hydrogen-bond acceptors (Lipinski definition) is 2. The van der Waals surface area contributed by atoms with Crippen LogP contribution in [0.4, 0.5) is 0 Å². The van der Waals surface area contributed by atoms with Gasteiger partial charge in [0.1, 0.15) is 45.0 Å². The molecule has 0 amide bonds. The monoisotopic (exact) mass is 226 g/mol. The highest BCUT2D eigenvalue weighted by Gasteiger charge is 2.23. The van der Waals surface area contributed by atoms with Crippen LogP contribution in [0.3, 0.4) is 0 Å². The Morgan fingerprint density at radius 3 is 2.44 bits per heavy atom. The van der Waals surface area contributed by atoms with Gasteiger partial charge in [-0.25, -0.2) is 0 Å².